The van der Waals surface area contributed by atoms with Crippen LogP contribution in [0.15, 0.2) is 46.1 Å². The normalized spacial score (nSPS) is 16.8. The van der Waals surface area contributed by atoms with Gasteiger partial charge in [-0.25, -0.2) is 22.2 Å². The molecule has 1 atom stereocenters. The SMILES string of the molecule is Cc1ccc(F)c(CN2CCC(N(C)c3cc(F)c(S(=O)(=O)Nc4cscn4)cc3Cl)C2)c1. The number of nitrogens with zero attached hydrogens (tertiary/aromatic N) is 3. The first kappa shape index (κ1) is 23.9. The highest BCUT2D eigenvalue weighted by Crippen LogP contribution is 2.33. The van der Waals surface area contributed by atoms with Crippen LogP contribution in [-0.2, 0) is 16.6 Å². The van der Waals surface area contributed by atoms with Crippen molar-refractivity contribution in [3.63, 3.8) is 0 Å². The largest absolute Gasteiger partial charge is 0.369 e. The molecule has 11 heteroatoms. The maximum absolute atomic E-state index is 14.9. The number of halogens is 3. The van der Waals surface area contributed by atoms with Crippen LogP contribution in [0.3, 0.4) is 0 Å². The molecule has 0 saturated carbocycles. The first-order valence-corrected chi connectivity index (χ1v) is 13.0. The van der Waals surface area contributed by atoms with Crippen LogP contribution in [-0.4, -0.2) is 44.5 Å². The molecule has 1 aliphatic rings. The average Bonchev–Trinajstić information content (AvgIpc) is 3.43. The fourth-order valence-electron chi connectivity index (χ4n) is 3.98. The Labute approximate surface area is 200 Å². The van der Waals surface area contributed by atoms with Crippen LogP contribution in [0.1, 0.15) is 17.5 Å². The van der Waals surface area contributed by atoms with E-state index in [1.807, 2.05) is 17.9 Å². The van der Waals surface area contributed by atoms with Gasteiger partial charge in [0, 0.05) is 49.7 Å². The van der Waals surface area contributed by atoms with Crippen molar-refractivity contribution in [2.75, 3.05) is 29.8 Å². The lowest BCUT2D eigenvalue weighted by atomic mass is 10.1. The molecule has 1 saturated heterocycles. The summed E-state index contributed by atoms with van der Waals surface area (Å²) in [5.41, 5.74) is 3.51. The molecule has 3 aromatic rings. The summed E-state index contributed by atoms with van der Waals surface area (Å²) >= 11 is 7.61. The minimum atomic E-state index is -4.18. The fraction of sp³-hybridized carbons (Fsp3) is 0.318. The molecule has 0 bridgehead atoms. The maximum Gasteiger partial charge on any atom is 0.266 e. The summed E-state index contributed by atoms with van der Waals surface area (Å²) in [6, 6.07) is 7.34. The minimum absolute atomic E-state index is 0.0189. The van der Waals surface area contributed by atoms with Crippen LogP contribution in [0.2, 0.25) is 5.02 Å². The first-order chi connectivity index (χ1) is 15.6. The number of aromatic nitrogens is 1. The van der Waals surface area contributed by atoms with Crippen molar-refractivity contribution in [1.82, 2.24) is 9.88 Å². The highest BCUT2D eigenvalue weighted by atomic mass is 35.5. The summed E-state index contributed by atoms with van der Waals surface area (Å²) in [7, 11) is -2.38. The van der Waals surface area contributed by atoms with Gasteiger partial charge in [-0.15, -0.1) is 11.3 Å². The topological polar surface area (TPSA) is 65.5 Å². The van der Waals surface area contributed by atoms with Crippen LogP contribution >= 0.6 is 22.9 Å². The molecular weight excluding hydrogens is 490 g/mol. The monoisotopic (exact) mass is 512 g/mol. The number of hydrogen-bond acceptors (Lipinski definition) is 6. The van der Waals surface area contributed by atoms with Gasteiger partial charge in [0.1, 0.15) is 16.5 Å². The second-order valence-electron chi connectivity index (χ2n) is 8.10. The van der Waals surface area contributed by atoms with Gasteiger partial charge in [0.25, 0.3) is 10.0 Å². The van der Waals surface area contributed by atoms with Crippen molar-refractivity contribution in [3.8, 4) is 0 Å². The fourth-order valence-corrected chi connectivity index (χ4v) is 5.99. The molecule has 2 heterocycles. The van der Waals surface area contributed by atoms with Crippen molar-refractivity contribution in [3.05, 3.63) is 69.0 Å². The van der Waals surface area contributed by atoms with E-state index in [9.17, 15) is 17.2 Å². The minimum Gasteiger partial charge on any atom is -0.369 e. The van der Waals surface area contributed by atoms with Crippen LogP contribution in [0.5, 0.6) is 0 Å². The van der Waals surface area contributed by atoms with Crippen molar-refractivity contribution < 1.29 is 17.2 Å². The van der Waals surface area contributed by atoms with Crippen LogP contribution in [0.25, 0.3) is 0 Å². The van der Waals surface area contributed by atoms with E-state index in [-0.39, 0.29) is 22.7 Å². The van der Waals surface area contributed by atoms with E-state index in [0.717, 1.165) is 30.7 Å². The predicted molar refractivity (Wildman–Crippen MR) is 128 cm³/mol. The van der Waals surface area contributed by atoms with Crippen LogP contribution < -0.4 is 9.62 Å². The third-order valence-electron chi connectivity index (χ3n) is 5.73. The Balaban J connectivity index is 1.49. The zero-order chi connectivity index (χ0) is 23.8. The summed E-state index contributed by atoms with van der Waals surface area (Å²) in [6.45, 7) is 3.81. The molecular formula is C22H23ClF2N4O2S2. The van der Waals surface area contributed by atoms with E-state index >= 15 is 0 Å². The second-order valence-corrected chi connectivity index (χ2v) is 10.9. The number of likely N-dealkylation sites (N-methyl/N-ethyl adjacent to an activating group) is 1. The molecule has 176 valence electrons. The molecule has 1 unspecified atom stereocenters. The summed E-state index contributed by atoms with van der Waals surface area (Å²) in [4.78, 5) is 7.31. The Hall–Kier alpha value is -2.27. The van der Waals surface area contributed by atoms with E-state index in [1.165, 1.54) is 28.3 Å². The standard InChI is InChI=1S/C22H23ClF2N4O2S2/c1-14-3-4-18(24)15(7-14)10-29-6-5-16(11-29)28(2)20-9-19(25)21(8-17(20)23)33(30,31)27-22-12-32-13-26-22/h3-4,7-9,12-13,16,27H,5-6,10-11H2,1-2H3. The average molecular weight is 513 g/mol. The highest BCUT2D eigenvalue weighted by molar-refractivity contribution is 7.92. The number of aryl methyl sites for hydroxylation is 1. The molecule has 0 radical (unpaired) electrons. The van der Waals surface area contributed by atoms with Gasteiger partial charge in [-0.3, -0.25) is 9.62 Å². The Kier molecular flexibility index (Phi) is 6.90. The predicted octanol–water partition coefficient (Wildman–Crippen LogP) is 4.89. The van der Waals surface area contributed by atoms with E-state index in [4.69, 9.17) is 11.6 Å². The van der Waals surface area contributed by atoms with Crippen LogP contribution in [0.4, 0.5) is 20.3 Å². The molecule has 0 aliphatic carbocycles. The number of anilines is 2. The number of rotatable bonds is 7. The van der Waals surface area contributed by atoms with Gasteiger partial charge in [0.2, 0.25) is 0 Å². The number of likely N-dealkylation sites (tertiary alicyclic amines) is 1. The number of sulfonamides is 1. The van der Waals surface area contributed by atoms with Gasteiger partial charge in [0.05, 0.1) is 16.2 Å². The smallest absolute Gasteiger partial charge is 0.266 e. The number of thiazole rings is 1. The lowest BCUT2D eigenvalue weighted by Gasteiger charge is -2.28. The Morgan fingerprint density at radius 2 is 2.06 bits per heavy atom. The Bertz CT molecular complexity index is 1260. The number of nitrogens with one attached hydrogen (secondary N) is 1. The van der Waals surface area contributed by atoms with Crippen LogP contribution in [0, 0.1) is 18.6 Å². The molecule has 33 heavy (non-hydrogen) atoms. The summed E-state index contributed by atoms with van der Waals surface area (Å²) in [6.07, 6.45) is 0.785. The lowest BCUT2D eigenvalue weighted by molar-refractivity contribution is 0.320. The quantitative estimate of drug-likeness (QED) is 0.488. The third kappa shape index (κ3) is 5.29. The van der Waals surface area contributed by atoms with Gasteiger partial charge < -0.3 is 4.90 Å². The number of benzene rings is 2. The molecule has 6 nitrogen and oxygen atoms in total. The maximum atomic E-state index is 14.9. The molecule has 4 rings (SSSR count). The van der Waals surface area contributed by atoms with Gasteiger partial charge in [-0.05, 0) is 25.5 Å². The van der Waals surface area contributed by atoms with Gasteiger partial charge in [-0.1, -0.05) is 29.3 Å². The molecule has 1 aromatic heterocycles. The third-order valence-corrected chi connectivity index (χ3v) is 7.99. The molecule has 1 aliphatic heterocycles. The van der Waals surface area contributed by atoms with Crippen molar-refractivity contribution in [2.45, 2.75) is 30.8 Å². The molecule has 2 aromatic carbocycles. The molecule has 1 N–H and O–H groups in total. The highest BCUT2D eigenvalue weighted by Gasteiger charge is 2.29. The van der Waals surface area contributed by atoms with Crippen molar-refractivity contribution in [1.29, 1.82) is 0 Å². The van der Waals surface area contributed by atoms with Gasteiger partial charge >= 0.3 is 0 Å². The van der Waals surface area contributed by atoms with E-state index in [2.05, 4.69) is 14.6 Å². The Morgan fingerprint density at radius 3 is 2.79 bits per heavy atom. The van der Waals surface area contributed by atoms with Crippen molar-refractivity contribution >= 4 is 44.5 Å². The van der Waals surface area contributed by atoms with E-state index < -0.39 is 20.7 Å². The molecule has 0 amide bonds. The zero-order valence-corrected chi connectivity index (χ0v) is 20.4. The number of hydrogen-bond donors (Lipinski definition) is 1. The summed E-state index contributed by atoms with van der Waals surface area (Å²) in [5, 5.41) is 1.63. The Morgan fingerprint density at radius 1 is 1.27 bits per heavy atom. The first-order valence-electron chi connectivity index (χ1n) is 10.2. The second kappa shape index (κ2) is 9.54. The summed E-state index contributed by atoms with van der Waals surface area (Å²) < 4.78 is 56.4. The van der Waals surface area contributed by atoms with E-state index in [1.54, 1.807) is 13.1 Å². The molecule has 0 spiro atoms. The summed E-state index contributed by atoms with van der Waals surface area (Å²) in [5.74, 6) is -1.01. The molecule has 1 fully saturated rings. The van der Waals surface area contributed by atoms with E-state index in [0.29, 0.717) is 24.3 Å². The lowest BCUT2D eigenvalue weighted by Crippen LogP contribution is -2.34. The van der Waals surface area contributed by atoms with Gasteiger partial charge in [-0.2, -0.15) is 0 Å². The van der Waals surface area contributed by atoms with Gasteiger partial charge in [0.15, 0.2) is 5.82 Å². The zero-order valence-electron chi connectivity index (χ0n) is 18.1. The van der Waals surface area contributed by atoms with Crippen molar-refractivity contribution in [2.24, 2.45) is 0 Å².